The van der Waals surface area contributed by atoms with E-state index in [-0.39, 0.29) is 5.91 Å². The predicted octanol–water partition coefficient (Wildman–Crippen LogP) is 4.31. The van der Waals surface area contributed by atoms with E-state index in [9.17, 15) is 4.79 Å². The van der Waals surface area contributed by atoms with Gasteiger partial charge in [-0.3, -0.25) is 9.69 Å². The molecule has 1 aliphatic carbocycles. The fraction of sp³-hybridized carbons (Fsp3) is 0.400. The Balaban J connectivity index is 1.45. The first-order valence-corrected chi connectivity index (χ1v) is 10.8. The fourth-order valence-corrected chi connectivity index (χ4v) is 5.30. The molecule has 134 valence electrons. The number of hydrogen-bond acceptors (Lipinski definition) is 5. The van der Waals surface area contributed by atoms with E-state index in [0.29, 0.717) is 24.3 Å². The van der Waals surface area contributed by atoms with Crippen LogP contribution < -0.4 is 5.32 Å². The molecule has 1 atom stereocenters. The van der Waals surface area contributed by atoms with Gasteiger partial charge in [0.2, 0.25) is 5.91 Å². The van der Waals surface area contributed by atoms with E-state index in [2.05, 4.69) is 27.7 Å². The van der Waals surface area contributed by atoms with Gasteiger partial charge >= 0.3 is 0 Å². The summed E-state index contributed by atoms with van der Waals surface area (Å²) < 4.78 is 0. The number of rotatable bonds is 6. The molecular weight excluding hydrogens is 362 g/mol. The topological polar surface area (TPSA) is 56.1 Å². The van der Waals surface area contributed by atoms with E-state index in [1.165, 1.54) is 35.0 Å². The Morgan fingerprint density at radius 2 is 2.19 bits per heavy atom. The summed E-state index contributed by atoms with van der Waals surface area (Å²) in [4.78, 5) is 17.5. The van der Waals surface area contributed by atoms with Crippen molar-refractivity contribution in [3.63, 3.8) is 0 Å². The molecular formula is C20H21N3OS2. The highest BCUT2D eigenvalue weighted by atomic mass is 32.2. The highest BCUT2D eigenvalue weighted by molar-refractivity contribution is 7.99. The van der Waals surface area contributed by atoms with Crippen molar-refractivity contribution in [2.75, 3.05) is 24.2 Å². The molecule has 0 saturated heterocycles. The van der Waals surface area contributed by atoms with Crippen LogP contribution in [-0.2, 0) is 11.2 Å². The quantitative estimate of drug-likeness (QED) is 0.755. The number of nitrogens with zero attached hydrogens (tertiary/aromatic N) is 2. The number of amides is 1. The molecule has 1 aromatic carbocycles. The van der Waals surface area contributed by atoms with Crippen molar-refractivity contribution in [2.45, 2.75) is 30.2 Å². The van der Waals surface area contributed by atoms with Crippen LogP contribution in [0.3, 0.4) is 0 Å². The van der Waals surface area contributed by atoms with E-state index in [4.69, 9.17) is 5.26 Å². The zero-order chi connectivity index (χ0) is 17.9. The third-order valence-corrected chi connectivity index (χ3v) is 6.92. The first-order chi connectivity index (χ1) is 12.8. The lowest BCUT2D eigenvalue weighted by molar-refractivity contribution is -0.118. The smallest absolute Gasteiger partial charge is 0.238 e. The number of thiophene rings is 1. The molecule has 4 rings (SSSR count). The molecule has 0 radical (unpaired) electrons. The van der Waals surface area contributed by atoms with E-state index in [1.807, 2.05) is 35.6 Å². The minimum absolute atomic E-state index is 0.0272. The van der Waals surface area contributed by atoms with Crippen molar-refractivity contribution in [3.05, 3.63) is 46.2 Å². The molecule has 2 heterocycles. The number of fused-ring (bicyclic) bond motifs is 1. The van der Waals surface area contributed by atoms with Gasteiger partial charge in [-0.25, -0.2) is 0 Å². The maximum Gasteiger partial charge on any atom is 0.238 e. The van der Waals surface area contributed by atoms with Gasteiger partial charge in [-0.15, -0.1) is 23.1 Å². The monoisotopic (exact) mass is 383 g/mol. The Morgan fingerprint density at radius 1 is 1.35 bits per heavy atom. The van der Waals surface area contributed by atoms with Crippen LogP contribution in [0.1, 0.15) is 29.3 Å². The van der Waals surface area contributed by atoms with Gasteiger partial charge in [-0.1, -0.05) is 12.1 Å². The van der Waals surface area contributed by atoms with Crippen LogP contribution in [0.15, 0.2) is 40.6 Å². The summed E-state index contributed by atoms with van der Waals surface area (Å²) in [6, 6.07) is 12.5. The molecule has 1 aromatic heterocycles. The van der Waals surface area contributed by atoms with Crippen molar-refractivity contribution in [3.8, 4) is 6.07 Å². The highest BCUT2D eigenvalue weighted by Gasteiger charge is 2.40. The molecule has 1 saturated carbocycles. The van der Waals surface area contributed by atoms with E-state index < -0.39 is 0 Å². The van der Waals surface area contributed by atoms with Gasteiger partial charge in [0, 0.05) is 22.4 Å². The fourth-order valence-electron chi connectivity index (χ4n) is 3.72. The van der Waals surface area contributed by atoms with E-state index in [1.54, 1.807) is 0 Å². The van der Waals surface area contributed by atoms with Crippen LogP contribution >= 0.6 is 23.1 Å². The summed E-state index contributed by atoms with van der Waals surface area (Å²) in [7, 11) is 0. The van der Waals surface area contributed by atoms with E-state index >= 15 is 0 Å². The predicted molar refractivity (Wildman–Crippen MR) is 106 cm³/mol. The first-order valence-electron chi connectivity index (χ1n) is 8.95. The lowest BCUT2D eigenvalue weighted by atomic mass is 9.96. The second kappa shape index (κ2) is 7.83. The van der Waals surface area contributed by atoms with Crippen molar-refractivity contribution >= 4 is 34.7 Å². The summed E-state index contributed by atoms with van der Waals surface area (Å²) in [5.74, 6) is 1.11. The zero-order valence-electron chi connectivity index (χ0n) is 14.5. The molecule has 6 heteroatoms. The maximum absolute atomic E-state index is 12.7. The van der Waals surface area contributed by atoms with Crippen LogP contribution in [0.2, 0.25) is 0 Å². The standard InChI is InChI=1S/C20H21N3OS2/c21-9-12-26-18-4-2-1-3-16(18)22-19(24)13-23-10-7-17-15(8-11-25-17)20(23)14-5-6-14/h1-4,8,11,14,20H,5-7,10,12-13H2,(H,22,24). The molecule has 1 aliphatic heterocycles. The van der Waals surface area contributed by atoms with E-state index in [0.717, 1.165) is 23.5 Å². The minimum atomic E-state index is 0.0272. The largest absolute Gasteiger partial charge is 0.324 e. The van der Waals surface area contributed by atoms with Crippen LogP contribution in [0, 0.1) is 17.2 Å². The summed E-state index contributed by atoms with van der Waals surface area (Å²) in [5.41, 5.74) is 2.25. The van der Waals surface area contributed by atoms with Crippen molar-refractivity contribution in [1.29, 1.82) is 5.26 Å². The van der Waals surface area contributed by atoms with Crippen LogP contribution in [0.4, 0.5) is 5.69 Å². The summed E-state index contributed by atoms with van der Waals surface area (Å²) in [6.45, 7) is 1.38. The molecule has 1 amide bonds. The second-order valence-corrected chi connectivity index (χ2v) is 8.81. The maximum atomic E-state index is 12.7. The highest BCUT2D eigenvalue weighted by Crippen LogP contribution is 2.48. The Bertz CT molecular complexity index is 838. The van der Waals surface area contributed by atoms with Crippen molar-refractivity contribution < 1.29 is 4.79 Å². The Morgan fingerprint density at radius 3 is 3.00 bits per heavy atom. The number of nitrogens with one attached hydrogen (secondary N) is 1. The van der Waals surface area contributed by atoms with Gasteiger partial charge in [-0.2, -0.15) is 5.26 Å². The first kappa shape index (κ1) is 17.6. The average Bonchev–Trinajstić information content (AvgIpc) is 3.37. The van der Waals surface area contributed by atoms with Gasteiger partial charge in [0.1, 0.15) is 0 Å². The molecule has 1 unspecified atom stereocenters. The summed E-state index contributed by atoms with van der Waals surface area (Å²) in [5, 5.41) is 14.0. The lowest BCUT2D eigenvalue weighted by Crippen LogP contribution is -2.41. The molecule has 1 N–H and O–H groups in total. The number of nitriles is 1. The van der Waals surface area contributed by atoms with Gasteiger partial charge in [-0.05, 0) is 54.3 Å². The van der Waals surface area contributed by atoms with Crippen molar-refractivity contribution in [2.24, 2.45) is 5.92 Å². The third kappa shape index (κ3) is 3.80. The summed E-state index contributed by atoms with van der Waals surface area (Å²) in [6.07, 6.45) is 3.58. The molecule has 0 bridgehead atoms. The normalized spacial score (nSPS) is 19.6. The number of benzene rings is 1. The van der Waals surface area contributed by atoms with Gasteiger partial charge < -0.3 is 5.32 Å². The zero-order valence-corrected chi connectivity index (χ0v) is 16.1. The van der Waals surface area contributed by atoms with Crippen LogP contribution in [0.25, 0.3) is 0 Å². The lowest BCUT2D eigenvalue weighted by Gasteiger charge is -2.35. The van der Waals surface area contributed by atoms with Crippen LogP contribution in [-0.4, -0.2) is 29.6 Å². The average molecular weight is 384 g/mol. The third-order valence-electron chi connectivity index (χ3n) is 4.99. The number of anilines is 1. The SMILES string of the molecule is N#CCSc1ccccc1NC(=O)CN1CCc2sccc2C1C1CC1. The molecule has 2 aromatic rings. The molecule has 4 nitrogen and oxygen atoms in total. The number of carbonyl (C=O) groups excluding carboxylic acids is 1. The number of carbonyl (C=O) groups is 1. The minimum Gasteiger partial charge on any atom is -0.324 e. The van der Waals surface area contributed by atoms with Crippen molar-refractivity contribution in [1.82, 2.24) is 4.90 Å². The number of thioether (sulfide) groups is 1. The second-order valence-electron chi connectivity index (χ2n) is 6.79. The Labute approximate surface area is 162 Å². The molecule has 1 fully saturated rings. The number of hydrogen-bond donors (Lipinski definition) is 1. The Hall–Kier alpha value is -1.81. The Kier molecular flexibility index (Phi) is 5.30. The molecule has 0 spiro atoms. The summed E-state index contributed by atoms with van der Waals surface area (Å²) >= 11 is 3.31. The van der Waals surface area contributed by atoms with Gasteiger partial charge in [0.25, 0.3) is 0 Å². The number of para-hydroxylation sites is 1. The molecule has 2 aliphatic rings. The van der Waals surface area contributed by atoms with Crippen LogP contribution in [0.5, 0.6) is 0 Å². The van der Waals surface area contributed by atoms with Gasteiger partial charge in [0.05, 0.1) is 24.1 Å². The molecule has 26 heavy (non-hydrogen) atoms. The van der Waals surface area contributed by atoms with Gasteiger partial charge in [0.15, 0.2) is 0 Å².